The molecule has 0 saturated carbocycles. The second-order valence-electron chi connectivity index (χ2n) is 5.16. The van der Waals surface area contributed by atoms with Crippen LogP contribution in [-0.4, -0.2) is 22.2 Å². The van der Waals surface area contributed by atoms with Gasteiger partial charge >= 0.3 is 0 Å². The fourth-order valence-electron chi connectivity index (χ4n) is 2.00. The minimum absolute atomic E-state index is 0.258. The number of nitrogens with two attached hydrogens (primary N) is 1. The van der Waals surface area contributed by atoms with E-state index in [4.69, 9.17) is 10.5 Å². The van der Waals surface area contributed by atoms with Crippen molar-refractivity contribution in [2.45, 2.75) is 38.8 Å². The second kappa shape index (κ2) is 7.70. The lowest BCUT2D eigenvalue weighted by atomic mass is 10.1. The Labute approximate surface area is 120 Å². The lowest BCUT2D eigenvalue weighted by molar-refractivity contribution is 0.301. The van der Waals surface area contributed by atoms with Crippen molar-refractivity contribution < 1.29 is 4.74 Å². The Kier molecular flexibility index (Phi) is 5.62. The standard InChI is InChI=1S/C16H23N3O/c1-14(17)3-4-15-5-7-16(8-6-15)20-12-2-10-19-11-9-18-13-19/h5-9,11,13-14H,2-4,10,12,17H2,1H3. The number of hydrogen-bond acceptors (Lipinski definition) is 3. The molecule has 4 nitrogen and oxygen atoms in total. The van der Waals surface area contributed by atoms with Crippen LogP contribution in [0.2, 0.25) is 0 Å². The molecular weight excluding hydrogens is 250 g/mol. The fourth-order valence-corrected chi connectivity index (χ4v) is 2.00. The molecule has 0 fully saturated rings. The van der Waals surface area contributed by atoms with Crippen LogP contribution < -0.4 is 10.5 Å². The molecule has 0 bridgehead atoms. The molecule has 1 aromatic carbocycles. The SMILES string of the molecule is CC(N)CCc1ccc(OCCCn2ccnc2)cc1. The summed E-state index contributed by atoms with van der Waals surface area (Å²) in [6.45, 7) is 3.70. The molecule has 2 aromatic rings. The molecule has 0 aliphatic rings. The molecule has 0 spiro atoms. The second-order valence-corrected chi connectivity index (χ2v) is 5.16. The molecule has 1 heterocycles. The van der Waals surface area contributed by atoms with Gasteiger partial charge in [-0.05, 0) is 43.9 Å². The monoisotopic (exact) mass is 273 g/mol. The van der Waals surface area contributed by atoms with E-state index in [0.29, 0.717) is 0 Å². The molecule has 0 amide bonds. The molecule has 2 N–H and O–H groups in total. The van der Waals surface area contributed by atoms with Crippen LogP contribution in [0.15, 0.2) is 43.0 Å². The predicted molar refractivity (Wildman–Crippen MR) is 80.8 cm³/mol. The van der Waals surface area contributed by atoms with Crippen molar-refractivity contribution in [1.29, 1.82) is 0 Å². The van der Waals surface area contributed by atoms with Gasteiger partial charge in [-0.15, -0.1) is 0 Å². The van der Waals surface area contributed by atoms with Gasteiger partial charge in [0.25, 0.3) is 0 Å². The summed E-state index contributed by atoms with van der Waals surface area (Å²) in [6, 6.07) is 8.57. The number of ether oxygens (including phenoxy) is 1. The van der Waals surface area contributed by atoms with Crippen molar-refractivity contribution in [1.82, 2.24) is 9.55 Å². The molecule has 0 radical (unpaired) electrons. The Hall–Kier alpha value is -1.81. The van der Waals surface area contributed by atoms with Gasteiger partial charge in [0.1, 0.15) is 5.75 Å². The molecule has 1 aromatic heterocycles. The van der Waals surface area contributed by atoms with E-state index in [0.717, 1.165) is 38.2 Å². The topological polar surface area (TPSA) is 53.1 Å². The third-order valence-corrected chi connectivity index (χ3v) is 3.20. The maximum atomic E-state index is 5.76. The number of rotatable bonds is 8. The van der Waals surface area contributed by atoms with Crippen LogP contribution in [0.25, 0.3) is 0 Å². The predicted octanol–water partition coefficient (Wildman–Crippen LogP) is 2.63. The van der Waals surface area contributed by atoms with Gasteiger partial charge < -0.3 is 15.0 Å². The van der Waals surface area contributed by atoms with E-state index in [9.17, 15) is 0 Å². The third kappa shape index (κ3) is 5.05. The Morgan fingerprint density at radius 1 is 1.30 bits per heavy atom. The summed E-state index contributed by atoms with van der Waals surface area (Å²) in [6.07, 6.45) is 8.61. The Morgan fingerprint density at radius 3 is 2.75 bits per heavy atom. The quantitative estimate of drug-likeness (QED) is 0.752. The van der Waals surface area contributed by atoms with E-state index in [1.807, 2.05) is 31.6 Å². The molecule has 0 saturated heterocycles. The number of nitrogens with zero attached hydrogens (tertiary/aromatic N) is 2. The molecule has 20 heavy (non-hydrogen) atoms. The van der Waals surface area contributed by atoms with Crippen LogP contribution in [0, 0.1) is 0 Å². The molecule has 2 rings (SSSR count). The van der Waals surface area contributed by atoms with Gasteiger partial charge in [0, 0.05) is 25.0 Å². The van der Waals surface area contributed by atoms with Crippen LogP contribution in [-0.2, 0) is 13.0 Å². The van der Waals surface area contributed by atoms with E-state index in [1.54, 1.807) is 6.20 Å². The summed E-state index contributed by atoms with van der Waals surface area (Å²) in [5.41, 5.74) is 7.07. The Bertz CT molecular complexity index is 477. The Morgan fingerprint density at radius 2 is 2.10 bits per heavy atom. The first kappa shape index (κ1) is 14.6. The van der Waals surface area contributed by atoms with Crippen LogP contribution in [0.4, 0.5) is 0 Å². The van der Waals surface area contributed by atoms with Crippen molar-refractivity contribution in [3.05, 3.63) is 48.5 Å². The van der Waals surface area contributed by atoms with Gasteiger partial charge in [-0.1, -0.05) is 12.1 Å². The Balaban J connectivity index is 1.68. The normalized spacial score (nSPS) is 12.3. The van der Waals surface area contributed by atoms with Crippen molar-refractivity contribution in [2.75, 3.05) is 6.61 Å². The van der Waals surface area contributed by atoms with Gasteiger partial charge in [0.15, 0.2) is 0 Å². The molecular formula is C16H23N3O. The first-order valence-electron chi connectivity index (χ1n) is 7.17. The summed E-state index contributed by atoms with van der Waals surface area (Å²) in [7, 11) is 0. The van der Waals surface area contributed by atoms with Gasteiger partial charge in [-0.3, -0.25) is 0 Å². The molecule has 0 aliphatic carbocycles. The molecule has 4 heteroatoms. The van der Waals surface area contributed by atoms with Gasteiger partial charge in [-0.25, -0.2) is 4.98 Å². The minimum Gasteiger partial charge on any atom is -0.494 e. The van der Waals surface area contributed by atoms with Crippen LogP contribution in [0.1, 0.15) is 25.3 Å². The summed E-state index contributed by atoms with van der Waals surface area (Å²) >= 11 is 0. The van der Waals surface area contributed by atoms with Gasteiger partial charge in [0.2, 0.25) is 0 Å². The van der Waals surface area contributed by atoms with Crippen molar-refractivity contribution >= 4 is 0 Å². The molecule has 0 aliphatic heterocycles. The molecule has 1 unspecified atom stereocenters. The van der Waals surface area contributed by atoms with Crippen molar-refractivity contribution in [3.63, 3.8) is 0 Å². The summed E-state index contributed by atoms with van der Waals surface area (Å²) in [4.78, 5) is 4.01. The van der Waals surface area contributed by atoms with E-state index in [2.05, 4.69) is 21.7 Å². The van der Waals surface area contributed by atoms with E-state index in [1.165, 1.54) is 5.56 Å². The van der Waals surface area contributed by atoms with E-state index in [-0.39, 0.29) is 6.04 Å². The molecule has 108 valence electrons. The van der Waals surface area contributed by atoms with Gasteiger partial charge in [-0.2, -0.15) is 0 Å². The highest BCUT2D eigenvalue weighted by Crippen LogP contribution is 2.14. The average Bonchev–Trinajstić information content (AvgIpc) is 2.96. The number of benzene rings is 1. The maximum absolute atomic E-state index is 5.76. The maximum Gasteiger partial charge on any atom is 0.119 e. The zero-order chi connectivity index (χ0) is 14.2. The number of imidazole rings is 1. The van der Waals surface area contributed by atoms with Crippen molar-refractivity contribution in [3.8, 4) is 5.75 Å². The largest absolute Gasteiger partial charge is 0.494 e. The lowest BCUT2D eigenvalue weighted by Gasteiger charge is -2.08. The first-order valence-corrected chi connectivity index (χ1v) is 7.17. The van der Waals surface area contributed by atoms with E-state index < -0.39 is 0 Å². The number of hydrogen-bond donors (Lipinski definition) is 1. The van der Waals surface area contributed by atoms with Crippen molar-refractivity contribution in [2.24, 2.45) is 5.73 Å². The smallest absolute Gasteiger partial charge is 0.119 e. The zero-order valence-electron chi connectivity index (χ0n) is 12.0. The first-order chi connectivity index (χ1) is 9.74. The van der Waals surface area contributed by atoms with Crippen LogP contribution in [0.3, 0.4) is 0 Å². The fraction of sp³-hybridized carbons (Fsp3) is 0.438. The highest BCUT2D eigenvalue weighted by atomic mass is 16.5. The van der Waals surface area contributed by atoms with Gasteiger partial charge in [0.05, 0.1) is 12.9 Å². The lowest BCUT2D eigenvalue weighted by Crippen LogP contribution is -2.15. The number of aromatic nitrogens is 2. The summed E-state index contributed by atoms with van der Waals surface area (Å²) in [5, 5.41) is 0. The van der Waals surface area contributed by atoms with Crippen LogP contribution in [0.5, 0.6) is 5.75 Å². The van der Waals surface area contributed by atoms with E-state index >= 15 is 0 Å². The zero-order valence-corrected chi connectivity index (χ0v) is 12.0. The minimum atomic E-state index is 0.258. The average molecular weight is 273 g/mol. The van der Waals surface area contributed by atoms with Crippen LogP contribution >= 0.6 is 0 Å². The number of aryl methyl sites for hydroxylation is 2. The third-order valence-electron chi connectivity index (χ3n) is 3.20. The molecule has 1 atom stereocenters. The highest BCUT2D eigenvalue weighted by molar-refractivity contribution is 5.27. The summed E-state index contributed by atoms with van der Waals surface area (Å²) < 4.78 is 7.78. The summed E-state index contributed by atoms with van der Waals surface area (Å²) in [5.74, 6) is 0.931. The highest BCUT2D eigenvalue weighted by Gasteiger charge is 1.99.